The van der Waals surface area contributed by atoms with Crippen LogP contribution in [0.5, 0.6) is 0 Å². The van der Waals surface area contributed by atoms with Crippen LogP contribution in [0.1, 0.15) is 12.0 Å². The monoisotopic (exact) mass is 371 g/mol. The number of aliphatic carboxylic acids is 1. The molecule has 27 heavy (non-hydrogen) atoms. The zero-order valence-corrected chi connectivity index (χ0v) is 14.2. The number of carboxylic acid groups (broad SMARTS) is 1. The second-order valence-corrected chi connectivity index (χ2v) is 5.74. The fourth-order valence-electron chi connectivity index (χ4n) is 2.56. The zero-order chi connectivity index (χ0) is 19.8. The van der Waals surface area contributed by atoms with Gasteiger partial charge in [-0.25, -0.2) is 9.92 Å². The molecule has 0 fully saturated rings. The number of hydrogen-bond acceptors (Lipinski definition) is 5. The SMILES string of the molecule is N=NC(=NN)C(=O)N[C@@H](CC(=O)O)Cc1ccc(-c2cccc(F)c2)cc1. The molecule has 2 aromatic rings. The van der Waals surface area contributed by atoms with Crippen molar-refractivity contribution in [3.63, 3.8) is 0 Å². The molecule has 0 aliphatic rings. The molecule has 5 N–H and O–H groups in total. The molecule has 0 radical (unpaired) electrons. The van der Waals surface area contributed by atoms with E-state index in [1.54, 1.807) is 36.4 Å². The van der Waals surface area contributed by atoms with Crippen molar-refractivity contribution in [2.75, 3.05) is 0 Å². The van der Waals surface area contributed by atoms with Gasteiger partial charge in [0.1, 0.15) is 5.82 Å². The van der Waals surface area contributed by atoms with E-state index >= 15 is 0 Å². The maximum Gasteiger partial charge on any atom is 0.305 e. The molecular formula is C18H18FN5O3. The van der Waals surface area contributed by atoms with Crippen molar-refractivity contribution in [1.29, 1.82) is 5.53 Å². The van der Waals surface area contributed by atoms with Gasteiger partial charge in [-0.1, -0.05) is 36.4 Å². The minimum absolute atomic E-state index is 0.233. The summed E-state index contributed by atoms with van der Waals surface area (Å²) in [6, 6.07) is 12.6. The number of benzene rings is 2. The molecule has 1 atom stereocenters. The molecular weight excluding hydrogens is 353 g/mol. The van der Waals surface area contributed by atoms with Crippen LogP contribution in [0.3, 0.4) is 0 Å². The Labute approximate surface area is 154 Å². The minimum Gasteiger partial charge on any atom is -0.481 e. The van der Waals surface area contributed by atoms with E-state index in [1.165, 1.54) is 12.1 Å². The summed E-state index contributed by atoms with van der Waals surface area (Å²) in [4.78, 5) is 23.0. The first-order valence-electron chi connectivity index (χ1n) is 7.95. The standard InChI is InChI=1S/C18H18FN5O3/c19-14-3-1-2-13(9-14)12-6-4-11(5-7-12)8-15(10-16(25)26)22-18(27)17(23-20)24-21/h1-7,9,15,20H,8,10,21H2,(H,22,27)(H,25,26)/t15-/m1/s1. The van der Waals surface area contributed by atoms with Crippen molar-refractivity contribution in [3.8, 4) is 11.1 Å². The lowest BCUT2D eigenvalue weighted by atomic mass is 9.99. The van der Waals surface area contributed by atoms with Crippen LogP contribution in [0.25, 0.3) is 11.1 Å². The summed E-state index contributed by atoms with van der Waals surface area (Å²) < 4.78 is 13.3. The van der Waals surface area contributed by atoms with E-state index in [1.807, 2.05) is 0 Å². The Morgan fingerprint density at radius 1 is 1.19 bits per heavy atom. The van der Waals surface area contributed by atoms with E-state index in [0.717, 1.165) is 16.7 Å². The van der Waals surface area contributed by atoms with Crippen molar-refractivity contribution < 1.29 is 19.1 Å². The smallest absolute Gasteiger partial charge is 0.305 e. The first-order valence-corrected chi connectivity index (χ1v) is 7.95. The molecule has 0 unspecified atom stereocenters. The van der Waals surface area contributed by atoms with Crippen molar-refractivity contribution in [1.82, 2.24) is 5.32 Å². The summed E-state index contributed by atoms with van der Waals surface area (Å²) in [7, 11) is 0. The Kier molecular flexibility index (Phi) is 6.70. The third-order valence-corrected chi connectivity index (χ3v) is 3.78. The minimum atomic E-state index is -1.09. The van der Waals surface area contributed by atoms with Gasteiger partial charge in [0.2, 0.25) is 0 Å². The van der Waals surface area contributed by atoms with Crippen LogP contribution in [0.15, 0.2) is 58.7 Å². The van der Waals surface area contributed by atoms with Crippen LogP contribution in [0, 0.1) is 11.3 Å². The molecule has 9 heteroatoms. The van der Waals surface area contributed by atoms with Crippen molar-refractivity contribution in [2.24, 2.45) is 16.1 Å². The van der Waals surface area contributed by atoms with Crippen molar-refractivity contribution in [2.45, 2.75) is 18.9 Å². The highest BCUT2D eigenvalue weighted by molar-refractivity contribution is 6.38. The van der Waals surface area contributed by atoms with Crippen LogP contribution in [0.4, 0.5) is 4.39 Å². The van der Waals surface area contributed by atoms with E-state index in [0.29, 0.717) is 0 Å². The van der Waals surface area contributed by atoms with Gasteiger partial charge in [0.25, 0.3) is 11.7 Å². The average Bonchev–Trinajstić information content (AvgIpc) is 2.62. The number of hydrazone groups is 1. The Morgan fingerprint density at radius 3 is 2.44 bits per heavy atom. The van der Waals surface area contributed by atoms with Gasteiger partial charge in [0.15, 0.2) is 0 Å². The third-order valence-electron chi connectivity index (χ3n) is 3.78. The van der Waals surface area contributed by atoms with Gasteiger partial charge in [-0.15, -0.1) is 5.11 Å². The second kappa shape index (κ2) is 9.18. The van der Waals surface area contributed by atoms with Gasteiger partial charge in [0, 0.05) is 6.04 Å². The maximum absolute atomic E-state index is 13.3. The molecule has 2 rings (SSSR count). The number of hydrogen-bond donors (Lipinski definition) is 4. The summed E-state index contributed by atoms with van der Waals surface area (Å²) in [6.07, 6.45) is -0.0927. The Balaban J connectivity index is 2.13. The van der Waals surface area contributed by atoms with Crippen molar-refractivity contribution in [3.05, 3.63) is 59.9 Å². The summed E-state index contributed by atoms with van der Waals surface area (Å²) in [5.41, 5.74) is 9.13. The average molecular weight is 371 g/mol. The largest absolute Gasteiger partial charge is 0.481 e. The van der Waals surface area contributed by atoms with E-state index in [9.17, 15) is 14.0 Å². The lowest BCUT2D eigenvalue weighted by molar-refractivity contribution is -0.137. The van der Waals surface area contributed by atoms with Crippen LogP contribution >= 0.6 is 0 Å². The van der Waals surface area contributed by atoms with Gasteiger partial charge in [-0.3, -0.25) is 9.59 Å². The second-order valence-electron chi connectivity index (χ2n) is 5.74. The molecule has 1 amide bonds. The molecule has 0 aliphatic carbocycles. The van der Waals surface area contributed by atoms with Gasteiger partial charge < -0.3 is 16.3 Å². The summed E-state index contributed by atoms with van der Waals surface area (Å²) >= 11 is 0. The molecule has 0 saturated carbocycles. The van der Waals surface area contributed by atoms with Gasteiger partial charge in [-0.2, -0.15) is 5.10 Å². The van der Waals surface area contributed by atoms with Gasteiger partial charge in [0.05, 0.1) is 6.42 Å². The van der Waals surface area contributed by atoms with E-state index < -0.39 is 23.8 Å². The molecule has 0 spiro atoms. The topological polar surface area (TPSA) is 141 Å². The lowest BCUT2D eigenvalue weighted by Crippen LogP contribution is -2.41. The lowest BCUT2D eigenvalue weighted by Gasteiger charge is -2.16. The number of carbonyl (C=O) groups is 2. The fraction of sp³-hybridized carbons (Fsp3) is 0.167. The first-order chi connectivity index (χ1) is 12.9. The number of rotatable bonds is 6. The highest BCUT2D eigenvalue weighted by Gasteiger charge is 2.20. The quantitative estimate of drug-likeness (QED) is 0.203. The molecule has 0 aliphatic heterocycles. The maximum atomic E-state index is 13.3. The van der Waals surface area contributed by atoms with Gasteiger partial charge in [-0.05, 0) is 35.2 Å². The molecule has 2 aromatic carbocycles. The Hall–Kier alpha value is -3.62. The Morgan fingerprint density at radius 2 is 1.89 bits per heavy atom. The van der Waals surface area contributed by atoms with Gasteiger partial charge >= 0.3 is 5.97 Å². The number of nitrogens with one attached hydrogen (secondary N) is 2. The first kappa shape index (κ1) is 19.7. The normalized spacial score (nSPS) is 12.3. The molecule has 0 saturated heterocycles. The van der Waals surface area contributed by atoms with Crippen LogP contribution in [-0.2, 0) is 16.0 Å². The summed E-state index contributed by atoms with van der Waals surface area (Å²) in [6.45, 7) is 0. The third kappa shape index (κ3) is 5.70. The number of nitrogens with zero attached hydrogens (tertiary/aromatic N) is 2. The highest BCUT2D eigenvalue weighted by atomic mass is 19.1. The zero-order valence-electron chi connectivity index (χ0n) is 14.2. The number of nitrogens with two attached hydrogens (primary N) is 1. The molecule has 140 valence electrons. The molecule has 0 bridgehead atoms. The van der Waals surface area contributed by atoms with Crippen LogP contribution < -0.4 is 11.2 Å². The highest BCUT2D eigenvalue weighted by Crippen LogP contribution is 2.21. The number of amidine groups is 1. The number of amides is 1. The van der Waals surface area contributed by atoms with Crippen LogP contribution in [-0.4, -0.2) is 28.9 Å². The number of carbonyl (C=O) groups excluding carboxylic acids is 1. The predicted molar refractivity (Wildman–Crippen MR) is 96.5 cm³/mol. The van der Waals surface area contributed by atoms with E-state index in [-0.39, 0.29) is 18.7 Å². The Bertz CT molecular complexity index is 868. The van der Waals surface area contributed by atoms with Crippen molar-refractivity contribution >= 4 is 17.7 Å². The van der Waals surface area contributed by atoms with E-state index in [2.05, 4.69) is 15.5 Å². The summed E-state index contributed by atoms with van der Waals surface area (Å²) in [5.74, 6) is 2.17. The summed E-state index contributed by atoms with van der Waals surface area (Å²) in [5, 5.41) is 17.5. The molecule has 0 heterocycles. The molecule has 8 nitrogen and oxygen atoms in total. The fourth-order valence-corrected chi connectivity index (χ4v) is 2.56. The predicted octanol–water partition coefficient (Wildman–Crippen LogP) is 2.30. The number of halogens is 1. The number of carboxylic acids is 1. The van der Waals surface area contributed by atoms with Crippen LogP contribution in [0.2, 0.25) is 0 Å². The van der Waals surface area contributed by atoms with E-state index in [4.69, 9.17) is 16.5 Å². The molecule has 0 aromatic heterocycles.